The van der Waals surface area contributed by atoms with E-state index >= 15 is 0 Å². The molecule has 1 aromatic rings. The van der Waals surface area contributed by atoms with Gasteiger partial charge in [-0.2, -0.15) is 4.65 Å². The second kappa shape index (κ2) is 4.95. The number of aryl methyl sites for hydroxylation is 1. The number of quaternary nitrogens is 1. The Morgan fingerprint density at radius 1 is 1.19 bits per heavy atom. The first kappa shape index (κ1) is 11.6. The average Bonchev–Trinajstić information content (AvgIpc) is 2.33. The minimum atomic E-state index is 0.746. The lowest BCUT2D eigenvalue weighted by molar-refractivity contribution is -1.11. The standard InChI is InChI=1S/C13H21N2O/c1-12-3-5-13(6-4-12)11-15(16-2)9-7-14-8-10-15/h3-6,14H,7-11H2,1-2H3/q+1. The van der Waals surface area contributed by atoms with Crippen molar-refractivity contribution < 1.29 is 9.48 Å². The van der Waals surface area contributed by atoms with Crippen LogP contribution in [0.25, 0.3) is 0 Å². The van der Waals surface area contributed by atoms with Gasteiger partial charge in [0.15, 0.2) is 0 Å². The molecular weight excluding hydrogens is 200 g/mol. The highest BCUT2D eigenvalue weighted by Crippen LogP contribution is 2.16. The molecule has 16 heavy (non-hydrogen) atoms. The third kappa shape index (κ3) is 2.61. The van der Waals surface area contributed by atoms with E-state index in [1.54, 1.807) is 0 Å². The van der Waals surface area contributed by atoms with Crippen molar-refractivity contribution in [2.45, 2.75) is 13.5 Å². The Labute approximate surface area is 97.6 Å². The van der Waals surface area contributed by atoms with Crippen molar-refractivity contribution >= 4 is 0 Å². The fourth-order valence-corrected chi connectivity index (χ4v) is 2.23. The Hall–Kier alpha value is -0.900. The fourth-order valence-electron chi connectivity index (χ4n) is 2.23. The maximum Gasteiger partial charge on any atom is 0.134 e. The van der Waals surface area contributed by atoms with Crippen LogP contribution in [-0.2, 0) is 11.4 Å². The van der Waals surface area contributed by atoms with Gasteiger partial charge in [0.05, 0.1) is 7.11 Å². The van der Waals surface area contributed by atoms with Gasteiger partial charge in [0, 0.05) is 18.7 Å². The Balaban J connectivity index is 2.08. The molecule has 0 unspecified atom stereocenters. The molecular formula is C13H21N2O+. The van der Waals surface area contributed by atoms with Crippen LogP contribution in [0.4, 0.5) is 0 Å². The number of hydrogen-bond donors (Lipinski definition) is 1. The third-order valence-corrected chi connectivity index (χ3v) is 3.37. The minimum Gasteiger partial charge on any atom is -0.306 e. The Morgan fingerprint density at radius 2 is 1.81 bits per heavy atom. The van der Waals surface area contributed by atoms with Gasteiger partial charge in [-0.3, -0.25) is 0 Å². The predicted molar refractivity (Wildman–Crippen MR) is 64.8 cm³/mol. The molecule has 0 bridgehead atoms. The van der Waals surface area contributed by atoms with Gasteiger partial charge in [-0.15, -0.1) is 0 Å². The first-order valence-corrected chi connectivity index (χ1v) is 5.92. The van der Waals surface area contributed by atoms with Crippen LogP contribution < -0.4 is 5.32 Å². The average molecular weight is 221 g/mol. The van der Waals surface area contributed by atoms with Gasteiger partial charge in [0.2, 0.25) is 0 Å². The van der Waals surface area contributed by atoms with Gasteiger partial charge < -0.3 is 5.32 Å². The van der Waals surface area contributed by atoms with Crippen LogP contribution in [-0.4, -0.2) is 37.9 Å². The molecule has 1 aliphatic rings. The van der Waals surface area contributed by atoms with Crippen LogP contribution in [0.3, 0.4) is 0 Å². The molecule has 1 N–H and O–H groups in total. The van der Waals surface area contributed by atoms with E-state index < -0.39 is 0 Å². The molecule has 0 aromatic heterocycles. The maximum atomic E-state index is 5.71. The van der Waals surface area contributed by atoms with Crippen molar-refractivity contribution in [2.75, 3.05) is 33.3 Å². The highest BCUT2D eigenvalue weighted by Gasteiger charge is 2.30. The molecule has 3 heteroatoms. The van der Waals surface area contributed by atoms with Gasteiger partial charge in [-0.1, -0.05) is 29.8 Å². The molecule has 2 rings (SSSR count). The summed E-state index contributed by atoms with van der Waals surface area (Å²) in [6.45, 7) is 7.27. The molecule has 1 aliphatic heterocycles. The highest BCUT2D eigenvalue weighted by atomic mass is 16.7. The van der Waals surface area contributed by atoms with Crippen LogP contribution in [0.5, 0.6) is 0 Å². The van der Waals surface area contributed by atoms with Crippen molar-refractivity contribution in [1.29, 1.82) is 0 Å². The van der Waals surface area contributed by atoms with Crippen LogP contribution in [0.1, 0.15) is 11.1 Å². The van der Waals surface area contributed by atoms with E-state index in [4.69, 9.17) is 4.84 Å². The van der Waals surface area contributed by atoms with E-state index in [1.165, 1.54) is 11.1 Å². The number of rotatable bonds is 3. The molecule has 1 saturated heterocycles. The first-order chi connectivity index (χ1) is 7.74. The number of hydrogen-bond acceptors (Lipinski definition) is 2. The smallest absolute Gasteiger partial charge is 0.134 e. The molecule has 0 aliphatic carbocycles. The van der Waals surface area contributed by atoms with Crippen molar-refractivity contribution in [3.63, 3.8) is 0 Å². The van der Waals surface area contributed by atoms with E-state index in [2.05, 4.69) is 36.5 Å². The van der Waals surface area contributed by atoms with Gasteiger partial charge in [-0.05, 0) is 6.92 Å². The third-order valence-electron chi connectivity index (χ3n) is 3.37. The molecule has 88 valence electrons. The van der Waals surface area contributed by atoms with Crippen molar-refractivity contribution in [3.05, 3.63) is 35.4 Å². The molecule has 1 aromatic carbocycles. The summed E-state index contributed by atoms with van der Waals surface area (Å²) in [5, 5.41) is 3.37. The monoisotopic (exact) mass is 221 g/mol. The lowest BCUT2D eigenvalue weighted by Crippen LogP contribution is -2.57. The summed E-state index contributed by atoms with van der Waals surface area (Å²) >= 11 is 0. The van der Waals surface area contributed by atoms with E-state index in [0.717, 1.165) is 37.4 Å². The number of benzene rings is 1. The van der Waals surface area contributed by atoms with E-state index in [-0.39, 0.29) is 0 Å². The number of hydroxylamine groups is 3. The van der Waals surface area contributed by atoms with Crippen molar-refractivity contribution in [3.8, 4) is 0 Å². The number of nitrogens with zero attached hydrogens (tertiary/aromatic N) is 1. The van der Waals surface area contributed by atoms with Gasteiger partial charge >= 0.3 is 0 Å². The van der Waals surface area contributed by atoms with E-state index in [0.29, 0.717) is 0 Å². The molecule has 0 saturated carbocycles. The second-order valence-electron chi connectivity index (χ2n) is 4.58. The van der Waals surface area contributed by atoms with Crippen LogP contribution in [0.2, 0.25) is 0 Å². The SMILES string of the molecule is CO[N+]1(Cc2ccc(C)cc2)CCNCC1. The number of piperazine rings is 1. The zero-order chi connectivity index (χ0) is 11.4. The lowest BCUT2D eigenvalue weighted by Gasteiger charge is -2.37. The van der Waals surface area contributed by atoms with Crippen LogP contribution in [0, 0.1) is 6.92 Å². The first-order valence-electron chi connectivity index (χ1n) is 5.92. The van der Waals surface area contributed by atoms with Crippen LogP contribution in [0.15, 0.2) is 24.3 Å². The number of nitrogens with one attached hydrogen (secondary N) is 1. The summed E-state index contributed by atoms with van der Waals surface area (Å²) in [6, 6.07) is 8.75. The molecule has 0 spiro atoms. The molecule has 0 atom stereocenters. The van der Waals surface area contributed by atoms with Gasteiger partial charge in [0.1, 0.15) is 19.6 Å². The summed E-state index contributed by atoms with van der Waals surface area (Å²) in [5.41, 5.74) is 2.67. The highest BCUT2D eigenvalue weighted by molar-refractivity contribution is 5.20. The molecule has 0 radical (unpaired) electrons. The summed E-state index contributed by atoms with van der Waals surface area (Å²) in [6.07, 6.45) is 0. The van der Waals surface area contributed by atoms with Crippen molar-refractivity contribution in [2.24, 2.45) is 0 Å². The fraction of sp³-hybridized carbons (Fsp3) is 0.538. The Morgan fingerprint density at radius 3 is 2.38 bits per heavy atom. The van der Waals surface area contributed by atoms with Gasteiger partial charge in [0.25, 0.3) is 0 Å². The topological polar surface area (TPSA) is 21.3 Å². The zero-order valence-corrected chi connectivity index (χ0v) is 10.2. The second-order valence-corrected chi connectivity index (χ2v) is 4.58. The molecule has 1 heterocycles. The van der Waals surface area contributed by atoms with E-state index in [9.17, 15) is 0 Å². The summed E-state index contributed by atoms with van der Waals surface area (Å²) in [7, 11) is 1.82. The van der Waals surface area contributed by atoms with E-state index in [1.807, 2.05) is 7.11 Å². The molecule has 0 amide bonds. The Kier molecular flexibility index (Phi) is 3.59. The molecule has 3 nitrogen and oxygen atoms in total. The zero-order valence-electron chi connectivity index (χ0n) is 10.2. The summed E-state index contributed by atoms with van der Waals surface area (Å²) in [4.78, 5) is 5.71. The quantitative estimate of drug-likeness (QED) is 0.781. The largest absolute Gasteiger partial charge is 0.306 e. The Bertz CT molecular complexity index is 328. The van der Waals surface area contributed by atoms with Crippen molar-refractivity contribution in [1.82, 2.24) is 5.32 Å². The minimum absolute atomic E-state index is 0.746. The summed E-state index contributed by atoms with van der Waals surface area (Å²) in [5.74, 6) is 0. The predicted octanol–water partition coefficient (Wildman–Crippen LogP) is 1.48. The van der Waals surface area contributed by atoms with Gasteiger partial charge in [-0.25, -0.2) is 4.84 Å². The molecule has 1 fully saturated rings. The summed E-state index contributed by atoms with van der Waals surface area (Å²) < 4.78 is 0.746. The maximum absolute atomic E-state index is 5.71. The lowest BCUT2D eigenvalue weighted by atomic mass is 10.1. The normalized spacial score (nSPS) is 19.6. The van der Waals surface area contributed by atoms with Crippen LogP contribution >= 0.6 is 0 Å².